The third-order valence-corrected chi connectivity index (χ3v) is 6.33. The molecule has 0 saturated carbocycles. The number of anilines is 1. The summed E-state index contributed by atoms with van der Waals surface area (Å²) in [6, 6.07) is 22.5. The molecule has 0 radical (unpaired) electrons. The Hall–Kier alpha value is -3.14. The van der Waals surface area contributed by atoms with Gasteiger partial charge in [-0.2, -0.15) is 8.42 Å². The van der Waals surface area contributed by atoms with E-state index in [4.69, 9.17) is 4.55 Å². The largest absolute Gasteiger partial charge is 0.382 e. The lowest BCUT2D eigenvalue weighted by Gasteiger charge is -2.15. The molecule has 0 bridgehead atoms. The molecule has 31 heavy (non-hydrogen) atoms. The maximum atomic E-state index is 11.3. The van der Waals surface area contributed by atoms with Gasteiger partial charge in [-0.15, -0.1) is 10.2 Å². The molecule has 1 heterocycles. The van der Waals surface area contributed by atoms with Gasteiger partial charge in [-0.25, -0.2) is 4.98 Å². The normalized spacial score (nSPS) is 13.0. The van der Waals surface area contributed by atoms with Crippen molar-refractivity contribution >= 4 is 48.2 Å². The molecule has 0 aliphatic carbocycles. The number of fused-ring (bicyclic) bond motifs is 1. The van der Waals surface area contributed by atoms with Crippen molar-refractivity contribution in [3.05, 3.63) is 78.4 Å². The third-order valence-electron chi connectivity index (χ3n) is 4.56. The summed E-state index contributed by atoms with van der Waals surface area (Å²) < 4.78 is 32.4. The Morgan fingerprint density at radius 2 is 1.77 bits per heavy atom. The van der Waals surface area contributed by atoms with Gasteiger partial charge >= 0.3 is 0 Å². The first-order valence-electron chi connectivity index (χ1n) is 9.57. The van der Waals surface area contributed by atoms with Crippen LogP contribution in [0.3, 0.4) is 0 Å². The maximum Gasteiger partial charge on any atom is 0.294 e. The molecule has 9 heteroatoms. The van der Waals surface area contributed by atoms with E-state index in [2.05, 4.69) is 39.6 Å². The highest BCUT2D eigenvalue weighted by molar-refractivity contribution is 7.85. The van der Waals surface area contributed by atoms with Crippen molar-refractivity contribution in [2.75, 3.05) is 5.32 Å². The van der Waals surface area contributed by atoms with Gasteiger partial charge in [0.15, 0.2) is 0 Å². The lowest BCUT2D eigenvalue weighted by molar-refractivity contribution is 0.483. The van der Waals surface area contributed by atoms with E-state index in [-0.39, 0.29) is 10.9 Å². The first-order chi connectivity index (χ1) is 14.9. The number of rotatable bonds is 7. The number of hydrogen-bond acceptors (Lipinski definition) is 7. The standard InChI is InChI=1S/C22H20N4O3S2/c1-15(13-16-5-3-2-4-6-16)23-17-7-9-18(10-8-17)25-26-22-24-20-14-19(31(27,28)29)11-12-21(20)30-22/h2-12,14-15,23H,13H2,1H3,(H,27,28,29). The molecule has 158 valence electrons. The van der Waals surface area contributed by atoms with E-state index in [1.165, 1.54) is 29.0 Å². The topological polar surface area (TPSA) is 104 Å². The number of azo groups is 1. The van der Waals surface area contributed by atoms with E-state index in [1.807, 2.05) is 42.5 Å². The first kappa shape index (κ1) is 21.1. The smallest absolute Gasteiger partial charge is 0.294 e. The second-order valence-electron chi connectivity index (χ2n) is 7.08. The molecule has 0 saturated heterocycles. The van der Waals surface area contributed by atoms with Crippen LogP contribution in [-0.2, 0) is 16.5 Å². The Bertz CT molecular complexity index is 1320. The summed E-state index contributed by atoms with van der Waals surface area (Å²) in [4.78, 5) is 4.07. The Labute approximate surface area is 184 Å². The molecular formula is C22H20N4O3S2. The van der Waals surface area contributed by atoms with E-state index in [0.29, 0.717) is 16.3 Å². The average Bonchev–Trinajstić information content (AvgIpc) is 3.15. The van der Waals surface area contributed by atoms with E-state index in [1.54, 1.807) is 6.07 Å². The predicted octanol–water partition coefficient (Wildman–Crippen LogP) is 6.00. The zero-order chi connectivity index (χ0) is 21.8. The van der Waals surface area contributed by atoms with Gasteiger partial charge < -0.3 is 5.32 Å². The molecule has 4 rings (SSSR count). The first-order valence-corrected chi connectivity index (χ1v) is 11.8. The van der Waals surface area contributed by atoms with Crippen LogP contribution in [-0.4, -0.2) is 24.0 Å². The van der Waals surface area contributed by atoms with Gasteiger partial charge in [-0.3, -0.25) is 4.55 Å². The molecular weight excluding hydrogens is 432 g/mol. The number of thiazole rings is 1. The summed E-state index contributed by atoms with van der Waals surface area (Å²) in [5.74, 6) is 0. The summed E-state index contributed by atoms with van der Waals surface area (Å²) >= 11 is 1.29. The fraction of sp³-hybridized carbons (Fsp3) is 0.136. The van der Waals surface area contributed by atoms with Crippen LogP contribution in [0.5, 0.6) is 0 Å². The quantitative estimate of drug-likeness (QED) is 0.264. The molecule has 1 unspecified atom stereocenters. The molecule has 3 aromatic carbocycles. The van der Waals surface area contributed by atoms with E-state index in [9.17, 15) is 8.42 Å². The molecule has 0 aliphatic heterocycles. The van der Waals surface area contributed by atoms with E-state index >= 15 is 0 Å². The molecule has 0 amide bonds. The highest BCUT2D eigenvalue weighted by atomic mass is 32.2. The van der Waals surface area contributed by atoms with Gasteiger partial charge in [0.1, 0.15) is 0 Å². The second-order valence-corrected chi connectivity index (χ2v) is 9.51. The number of nitrogens with zero attached hydrogens (tertiary/aromatic N) is 3. The molecule has 1 aromatic heterocycles. The van der Waals surface area contributed by atoms with Crippen LogP contribution in [0.15, 0.2) is 87.9 Å². The minimum Gasteiger partial charge on any atom is -0.382 e. The van der Waals surface area contributed by atoms with Crippen molar-refractivity contribution in [1.82, 2.24) is 4.98 Å². The van der Waals surface area contributed by atoms with E-state index in [0.717, 1.165) is 16.8 Å². The number of nitrogens with one attached hydrogen (secondary N) is 1. The van der Waals surface area contributed by atoms with Crippen LogP contribution in [0.2, 0.25) is 0 Å². The second kappa shape index (κ2) is 8.93. The highest BCUT2D eigenvalue weighted by Crippen LogP contribution is 2.31. The zero-order valence-electron chi connectivity index (χ0n) is 16.6. The van der Waals surface area contributed by atoms with Crippen molar-refractivity contribution in [1.29, 1.82) is 0 Å². The number of hydrogen-bond donors (Lipinski definition) is 2. The van der Waals surface area contributed by atoms with Crippen molar-refractivity contribution in [2.45, 2.75) is 24.3 Å². The van der Waals surface area contributed by atoms with Gasteiger partial charge in [0, 0.05) is 11.7 Å². The summed E-state index contributed by atoms with van der Waals surface area (Å²) in [6.45, 7) is 2.14. The van der Waals surface area contributed by atoms with Crippen molar-refractivity contribution in [3.63, 3.8) is 0 Å². The van der Waals surface area contributed by atoms with Crippen LogP contribution < -0.4 is 5.32 Å². The monoisotopic (exact) mass is 452 g/mol. The van der Waals surface area contributed by atoms with Gasteiger partial charge in [-0.05, 0) is 61.4 Å². The maximum absolute atomic E-state index is 11.3. The summed E-state index contributed by atoms with van der Waals surface area (Å²) in [6.07, 6.45) is 0.930. The lowest BCUT2D eigenvalue weighted by atomic mass is 10.1. The van der Waals surface area contributed by atoms with Crippen molar-refractivity contribution in [3.8, 4) is 0 Å². The number of aromatic nitrogens is 1. The lowest BCUT2D eigenvalue weighted by Crippen LogP contribution is -2.17. The predicted molar refractivity (Wildman–Crippen MR) is 123 cm³/mol. The minimum absolute atomic E-state index is 0.196. The summed E-state index contributed by atoms with van der Waals surface area (Å²) in [5, 5.41) is 12.2. The van der Waals surface area contributed by atoms with Gasteiger partial charge in [0.25, 0.3) is 10.1 Å². The zero-order valence-corrected chi connectivity index (χ0v) is 18.3. The Morgan fingerprint density at radius 3 is 2.48 bits per heavy atom. The molecule has 7 nitrogen and oxygen atoms in total. The highest BCUT2D eigenvalue weighted by Gasteiger charge is 2.12. The van der Waals surface area contributed by atoms with E-state index < -0.39 is 10.1 Å². The molecule has 4 aromatic rings. The van der Waals surface area contributed by atoms with Gasteiger partial charge in [0.05, 0.1) is 20.8 Å². The fourth-order valence-corrected chi connectivity index (χ4v) is 4.39. The van der Waals surface area contributed by atoms with Crippen molar-refractivity contribution in [2.24, 2.45) is 10.2 Å². The van der Waals surface area contributed by atoms with Crippen LogP contribution in [0.1, 0.15) is 12.5 Å². The van der Waals surface area contributed by atoms with Crippen LogP contribution >= 0.6 is 11.3 Å². The third kappa shape index (κ3) is 5.52. The van der Waals surface area contributed by atoms with Gasteiger partial charge in [-0.1, -0.05) is 41.7 Å². The molecule has 0 spiro atoms. The van der Waals surface area contributed by atoms with Crippen molar-refractivity contribution < 1.29 is 13.0 Å². The summed E-state index contributed by atoms with van der Waals surface area (Å²) in [5.41, 5.74) is 3.41. The van der Waals surface area contributed by atoms with Gasteiger partial charge in [0.2, 0.25) is 5.13 Å². The molecule has 0 fully saturated rings. The Kier molecular flexibility index (Phi) is 6.08. The van der Waals surface area contributed by atoms with Crippen LogP contribution in [0.25, 0.3) is 10.2 Å². The summed E-state index contributed by atoms with van der Waals surface area (Å²) in [7, 11) is -4.27. The molecule has 2 N–H and O–H groups in total. The Morgan fingerprint density at radius 1 is 1.03 bits per heavy atom. The Balaban J connectivity index is 1.41. The molecule has 1 atom stereocenters. The van der Waals surface area contributed by atoms with Crippen LogP contribution in [0, 0.1) is 0 Å². The molecule has 0 aliphatic rings. The number of benzene rings is 3. The fourth-order valence-electron chi connectivity index (χ4n) is 3.13. The minimum atomic E-state index is -4.27. The SMILES string of the molecule is CC(Cc1ccccc1)Nc1ccc(N=Nc2nc3cc(S(=O)(=O)O)ccc3s2)cc1. The average molecular weight is 453 g/mol. The van der Waals surface area contributed by atoms with Crippen LogP contribution in [0.4, 0.5) is 16.5 Å².